The van der Waals surface area contributed by atoms with Gasteiger partial charge in [0.25, 0.3) is 0 Å². The SMILES string of the molecule is O=C(Nc1ccnc(-c2ccncc2)n1)N(CCO)CCO. The maximum Gasteiger partial charge on any atom is 0.323 e. The minimum absolute atomic E-state index is 0.134. The van der Waals surface area contributed by atoms with Crippen LogP contribution in [0.5, 0.6) is 0 Å². The van der Waals surface area contributed by atoms with E-state index < -0.39 is 6.03 Å². The molecule has 8 heteroatoms. The first-order valence-corrected chi connectivity index (χ1v) is 6.75. The fourth-order valence-electron chi connectivity index (χ4n) is 1.81. The smallest absolute Gasteiger partial charge is 0.323 e. The van der Waals surface area contributed by atoms with Crippen molar-refractivity contribution >= 4 is 11.8 Å². The minimum atomic E-state index is -0.442. The Kier molecular flexibility index (Phi) is 5.75. The summed E-state index contributed by atoms with van der Waals surface area (Å²) >= 11 is 0. The summed E-state index contributed by atoms with van der Waals surface area (Å²) < 4.78 is 0. The Balaban J connectivity index is 2.11. The normalized spacial score (nSPS) is 10.3. The van der Waals surface area contributed by atoms with E-state index in [-0.39, 0.29) is 26.3 Å². The van der Waals surface area contributed by atoms with Crippen LogP contribution in [0.4, 0.5) is 10.6 Å². The molecule has 116 valence electrons. The molecule has 2 aromatic rings. The van der Waals surface area contributed by atoms with E-state index in [2.05, 4.69) is 20.3 Å². The third kappa shape index (κ3) is 4.21. The lowest BCUT2D eigenvalue weighted by Crippen LogP contribution is -2.39. The summed E-state index contributed by atoms with van der Waals surface area (Å²) in [5.74, 6) is 0.809. The molecule has 0 aliphatic heterocycles. The van der Waals surface area contributed by atoms with Gasteiger partial charge in [-0.2, -0.15) is 0 Å². The van der Waals surface area contributed by atoms with Crippen molar-refractivity contribution in [3.05, 3.63) is 36.8 Å². The van der Waals surface area contributed by atoms with Crippen molar-refractivity contribution in [3.8, 4) is 11.4 Å². The van der Waals surface area contributed by atoms with Crippen LogP contribution in [0.25, 0.3) is 11.4 Å². The maximum atomic E-state index is 12.1. The number of aromatic nitrogens is 3. The van der Waals surface area contributed by atoms with Crippen LogP contribution in [0.1, 0.15) is 0 Å². The molecule has 0 aromatic carbocycles. The number of hydrogen-bond donors (Lipinski definition) is 3. The van der Waals surface area contributed by atoms with E-state index in [0.29, 0.717) is 11.6 Å². The molecule has 0 spiro atoms. The van der Waals surface area contributed by atoms with E-state index in [1.165, 1.54) is 4.90 Å². The van der Waals surface area contributed by atoms with Crippen LogP contribution in [0, 0.1) is 0 Å². The van der Waals surface area contributed by atoms with Crippen LogP contribution in [-0.2, 0) is 0 Å². The van der Waals surface area contributed by atoms with Gasteiger partial charge in [-0.1, -0.05) is 0 Å². The lowest BCUT2D eigenvalue weighted by Gasteiger charge is -2.20. The zero-order valence-electron chi connectivity index (χ0n) is 11.9. The van der Waals surface area contributed by atoms with E-state index >= 15 is 0 Å². The van der Waals surface area contributed by atoms with Gasteiger partial charge in [0.05, 0.1) is 13.2 Å². The topological polar surface area (TPSA) is 111 Å². The second-order valence-corrected chi connectivity index (χ2v) is 4.37. The Morgan fingerprint density at radius 1 is 1.09 bits per heavy atom. The second-order valence-electron chi connectivity index (χ2n) is 4.37. The first kappa shape index (κ1) is 15.8. The minimum Gasteiger partial charge on any atom is -0.395 e. The predicted octanol–water partition coefficient (Wildman–Crippen LogP) is 0.357. The number of nitrogens with zero attached hydrogens (tertiary/aromatic N) is 4. The molecule has 0 saturated carbocycles. The van der Waals surface area contributed by atoms with Crippen molar-refractivity contribution in [1.82, 2.24) is 19.9 Å². The Bertz CT molecular complexity index is 602. The van der Waals surface area contributed by atoms with Gasteiger partial charge in [0, 0.05) is 37.2 Å². The van der Waals surface area contributed by atoms with E-state index in [9.17, 15) is 4.79 Å². The summed E-state index contributed by atoms with van der Waals surface area (Å²) in [6, 6.07) is 4.66. The molecule has 2 amide bonds. The highest BCUT2D eigenvalue weighted by atomic mass is 16.3. The zero-order chi connectivity index (χ0) is 15.8. The molecule has 0 bridgehead atoms. The molecule has 0 saturated heterocycles. The first-order chi connectivity index (χ1) is 10.7. The fraction of sp³-hybridized carbons (Fsp3) is 0.286. The predicted molar refractivity (Wildman–Crippen MR) is 80.0 cm³/mol. The molecule has 0 aliphatic rings. The molecular formula is C14H17N5O3. The highest BCUT2D eigenvalue weighted by Crippen LogP contribution is 2.15. The van der Waals surface area contributed by atoms with Crippen LogP contribution < -0.4 is 5.32 Å². The van der Waals surface area contributed by atoms with Crippen molar-refractivity contribution in [2.45, 2.75) is 0 Å². The highest BCUT2D eigenvalue weighted by molar-refractivity contribution is 5.88. The Hall–Kier alpha value is -2.58. The summed E-state index contributed by atoms with van der Waals surface area (Å²) in [4.78, 5) is 25.7. The highest BCUT2D eigenvalue weighted by Gasteiger charge is 2.13. The number of nitrogens with one attached hydrogen (secondary N) is 1. The lowest BCUT2D eigenvalue weighted by molar-refractivity contribution is 0.167. The van der Waals surface area contributed by atoms with Crippen molar-refractivity contribution in [2.24, 2.45) is 0 Å². The van der Waals surface area contributed by atoms with Gasteiger partial charge in [-0.25, -0.2) is 14.8 Å². The Morgan fingerprint density at radius 3 is 2.41 bits per heavy atom. The second kappa shape index (κ2) is 8.01. The van der Waals surface area contributed by atoms with Gasteiger partial charge in [0.1, 0.15) is 5.82 Å². The first-order valence-electron chi connectivity index (χ1n) is 6.75. The van der Waals surface area contributed by atoms with Crippen LogP contribution in [0.3, 0.4) is 0 Å². The summed E-state index contributed by atoms with van der Waals surface area (Å²) in [6.45, 7) is -0.0949. The quantitative estimate of drug-likeness (QED) is 0.710. The fourth-order valence-corrected chi connectivity index (χ4v) is 1.81. The summed E-state index contributed by atoms with van der Waals surface area (Å²) in [7, 11) is 0. The van der Waals surface area contributed by atoms with Gasteiger partial charge in [-0.15, -0.1) is 0 Å². The molecule has 0 aliphatic carbocycles. The van der Waals surface area contributed by atoms with E-state index in [0.717, 1.165) is 5.56 Å². The number of anilines is 1. The number of carbonyl (C=O) groups is 1. The summed E-state index contributed by atoms with van der Waals surface area (Å²) in [5.41, 5.74) is 0.786. The standard InChI is InChI=1S/C14H17N5O3/c20-9-7-19(8-10-21)14(22)18-12-3-6-16-13(17-12)11-1-4-15-5-2-11/h1-6,20-21H,7-10H2,(H,16,17,18,22). The molecule has 2 heterocycles. The van der Waals surface area contributed by atoms with Gasteiger partial charge in [-0.05, 0) is 18.2 Å². The Labute approximate surface area is 127 Å². The molecule has 22 heavy (non-hydrogen) atoms. The molecule has 0 fully saturated rings. The van der Waals surface area contributed by atoms with Gasteiger partial charge >= 0.3 is 6.03 Å². The number of carbonyl (C=O) groups excluding carboxylic acids is 1. The van der Waals surface area contributed by atoms with Crippen LogP contribution in [-0.4, -0.2) is 62.4 Å². The van der Waals surface area contributed by atoms with Crippen LogP contribution >= 0.6 is 0 Å². The molecule has 0 atom stereocenters. The number of urea groups is 1. The van der Waals surface area contributed by atoms with Gasteiger partial charge < -0.3 is 15.1 Å². The lowest BCUT2D eigenvalue weighted by atomic mass is 10.2. The number of rotatable bonds is 6. The molecule has 8 nitrogen and oxygen atoms in total. The average Bonchev–Trinajstić information content (AvgIpc) is 2.56. The summed E-state index contributed by atoms with van der Waals surface area (Å²) in [6.07, 6.45) is 4.81. The number of aliphatic hydroxyl groups is 2. The van der Waals surface area contributed by atoms with Crippen LogP contribution in [0.15, 0.2) is 36.8 Å². The largest absolute Gasteiger partial charge is 0.395 e. The van der Waals surface area contributed by atoms with Gasteiger partial charge in [-0.3, -0.25) is 10.3 Å². The van der Waals surface area contributed by atoms with Crippen LogP contribution in [0.2, 0.25) is 0 Å². The number of hydrogen-bond acceptors (Lipinski definition) is 6. The number of amides is 2. The van der Waals surface area contributed by atoms with Crippen molar-refractivity contribution in [3.63, 3.8) is 0 Å². The third-order valence-electron chi connectivity index (χ3n) is 2.86. The molecule has 2 rings (SSSR count). The van der Waals surface area contributed by atoms with Gasteiger partial charge in [0.15, 0.2) is 5.82 Å². The summed E-state index contributed by atoms with van der Waals surface area (Å²) in [5, 5.41) is 20.5. The monoisotopic (exact) mass is 303 g/mol. The molecule has 3 N–H and O–H groups in total. The molecule has 0 unspecified atom stereocenters. The number of aliphatic hydroxyl groups excluding tert-OH is 2. The Morgan fingerprint density at radius 2 is 1.77 bits per heavy atom. The zero-order valence-corrected chi connectivity index (χ0v) is 11.9. The molecule has 2 aromatic heterocycles. The van der Waals surface area contributed by atoms with E-state index in [4.69, 9.17) is 10.2 Å². The molecular weight excluding hydrogens is 286 g/mol. The van der Waals surface area contributed by atoms with Crippen molar-refractivity contribution in [1.29, 1.82) is 0 Å². The average molecular weight is 303 g/mol. The van der Waals surface area contributed by atoms with Crippen molar-refractivity contribution < 1.29 is 15.0 Å². The van der Waals surface area contributed by atoms with E-state index in [1.807, 2.05) is 0 Å². The maximum absolute atomic E-state index is 12.1. The van der Waals surface area contributed by atoms with Gasteiger partial charge in [0.2, 0.25) is 0 Å². The van der Waals surface area contributed by atoms with E-state index in [1.54, 1.807) is 36.8 Å². The number of pyridine rings is 1. The third-order valence-corrected chi connectivity index (χ3v) is 2.86. The molecule has 0 radical (unpaired) electrons. The van der Waals surface area contributed by atoms with Crippen molar-refractivity contribution in [2.75, 3.05) is 31.6 Å².